The van der Waals surface area contributed by atoms with E-state index in [1.807, 2.05) is 49.4 Å². The summed E-state index contributed by atoms with van der Waals surface area (Å²) in [7, 11) is 0. The lowest BCUT2D eigenvalue weighted by molar-refractivity contribution is 0.0634. The molecular formula is C18H16O2. The fourth-order valence-corrected chi connectivity index (χ4v) is 1.71. The first-order valence-electron chi connectivity index (χ1n) is 6.36. The third-order valence-electron chi connectivity index (χ3n) is 2.85. The standard InChI is InChI=1S/C18H16O2/c1-14(13-16-9-5-3-6-10-16)15(2)20-18(19)17-11-7-4-8-12-17/h3-13H,2H2,1H3/b14-13+. The van der Waals surface area contributed by atoms with Crippen molar-refractivity contribution in [2.45, 2.75) is 6.92 Å². The van der Waals surface area contributed by atoms with Gasteiger partial charge in [-0.05, 0) is 36.3 Å². The highest BCUT2D eigenvalue weighted by Crippen LogP contribution is 2.15. The maximum Gasteiger partial charge on any atom is 0.343 e. The molecule has 0 bridgehead atoms. The van der Waals surface area contributed by atoms with E-state index in [4.69, 9.17) is 4.74 Å². The van der Waals surface area contributed by atoms with E-state index in [9.17, 15) is 4.79 Å². The van der Waals surface area contributed by atoms with E-state index in [1.54, 1.807) is 24.3 Å². The molecule has 0 fully saturated rings. The second-order valence-electron chi connectivity index (χ2n) is 4.42. The van der Waals surface area contributed by atoms with Crippen LogP contribution in [0.4, 0.5) is 0 Å². The van der Waals surface area contributed by atoms with Gasteiger partial charge in [0.05, 0.1) is 5.56 Å². The van der Waals surface area contributed by atoms with Crippen LogP contribution in [0.25, 0.3) is 6.08 Å². The van der Waals surface area contributed by atoms with Crippen molar-refractivity contribution in [2.75, 3.05) is 0 Å². The Balaban J connectivity index is 2.05. The number of allylic oxidation sites excluding steroid dienone is 1. The molecule has 0 aliphatic carbocycles. The third-order valence-corrected chi connectivity index (χ3v) is 2.85. The summed E-state index contributed by atoms with van der Waals surface area (Å²) in [5.74, 6) is -0.0286. The van der Waals surface area contributed by atoms with Gasteiger partial charge >= 0.3 is 5.97 Å². The minimum absolute atomic E-state index is 0.364. The molecule has 0 unspecified atom stereocenters. The van der Waals surface area contributed by atoms with Gasteiger partial charge in [-0.15, -0.1) is 0 Å². The molecule has 0 radical (unpaired) electrons. The van der Waals surface area contributed by atoms with Crippen LogP contribution in [0.2, 0.25) is 0 Å². The smallest absolute Gasteiger partial charge is 0.343 e. The number of esters is 1. The fraction of sp³-hybridized carbons (Fsp3) is 0.0556. The molecular weight excluding hydrogens is 248 g/mol. The predicted molar refractivity (Wildman–Crippen MR) is 81.1 cm³/mol. The van der Waals surface area contributed by atoms with Crippen molar-refractivity contribution >= 4 is 12.0 Å². The molecule has 0 aromatic heterocycles. The molecule has 100 valence electrons. The van der Waals surface area contributed by atoms with Crippen molar-refractivity contribution in [3.63, 3.8) is 0 Å². The summed E-state index contributed by atoms with van der Waals surface area (Å²) in [5.41, 5.74) is 2.38. The lowest BCUT2D eigenvalue weighted by Crippen LogP contribution is -2.04. The van der Waals surface area contributed by atoms with Gasteiger partial charge in [-0.1, -0.05) is 55.1 Å². The molecule has 2 nitrogen and oxygen atoms in total. The van der Waals surface area contributed by atoms with Crippen LogP contribution < -0.4 is 0 Å². The van der Waals surface area contributed by atoms with Crippen molar-refractivity contribution in [2.24, 2.45) is 0 Å². The van der Waals surface area contributed by atoms with Crippen LogP contribution in [0.5, 0.6) is 0 Å². The molecule has 0 atom stereocenters. The van der Waals surface area contributed by atoms with E-state index in [0.717, 1.165) is 11.1 Å². The zero-order valence-electron chi connectivity index (χ0n) is 11.4. The van der Waals surface area contributed by atoms with E-state index in [-0.39, 0.29) is 0 Å². The summed E-state index contributed by atoms with van der Waals surface area (Å²) in [6.45, 7) is 5.67. The maximum atomic E-state index is 11.9. The van der Waals surface area contributed by atoms with Crippen LogP contribution in [0, 0.1) is 0 Å². The van der Waals surface area contributed by atoms with Gasteiger partial charge in [0.2, 0.25) is 0 Å². The van der Waals surface area contributed by atoms with Gasteiger partial charge in [-0.2, -0.15) is 0 Å². The lowest BCUT2D eigenvalue weighted by atomic mass is 10.1. The van der Waals surface area contributed by atoms with E-state index < -0.39 is 5.97 Å². The average Bonchev–Trinajstić information content (AvgIpc) is 2.49. The zero-order chi connectivity index (χ0) is 14.4. The van der Waals surface area contributed by atoms with Gasteiger partial charge < -0.3 is 4.74 Å². The SMILES string of the molecule is C=C(OC(=O)c1ccccc1)/C(C)=C/c1ccccc1. The Hall–Kier alpha value is -2.61. The summed E-state index contributed by atoms with van der Waals surface area (Å²) in [5, 5.41) is 0. The second-order valence-corrected chi connectivity index (χ2v) is 4.42. The van der Waals surface area contributed by atoms with Crippen LogP contribution in [-0.2, 0) is 4.74 Å². The highest BCUT2D eigenvalue weighted by molar-refractivity contribution is 5.90. The molecule has 2 heteroatoms. The summed E-state index contributed by atoms with van der Waals surface area (Å²) in [6, 6.07) is 18.7. The number of ether oxygens (including phenoxy) is 1. The number of benzene rings is 2. The van der Waals surface area contributed by atoms with Crippen LogP contribution in [0.1, 0.15) is 22.8 Å². The topological polar surface area (TPSA) is 26.3 Å². The predicted octanol–water partition coefficient (Wildman–Crippen LogP) is 4.46. The fourth-order valence-electron chi connectivity index (χ4n) is 1.71. The van der Waals surface area contributed by atoms with Crippen molar-refractivity contribution in [1.82, 2.24) is 0 Å². The molecule has 20 heavy (non-hydrogen) atoms. The first-order valence-corrected chi connectivity index (χ1v) is 6.36. The Bertz CT molecular complexity index is 625. The number of hydrogen-bond donors (Lipinski definition) is 0. The lowest BCUT2D eigenvalue weighted by Gasteiger charge is -2.08. The Morgan fingerprint density at radius 3 is 2.15 bits per heavy atom. The van der Waals surface area contributed by atoms with Crippen molar-refractivity contribution in [3.05, 3.63) is 89.7 Å². The van der Waals surface area contributed by atoms with Gasteiger partial charge in [0.15, 0.2) is 0 Å². The molecule has 0 aliphatic rings. The molecule has 0 aliphatic heterocycles. The Labute approximate surface area is 119 Å². The van der Waals surface area contributed by atoms with Crippen LogP contribution in [0.15, 0.2) is 78.6 Å². The number of carbonyl (C=O) groups is 1. The van der Waals surface area contributed by atoms with Gasteiger partial charge in [0.25, 0.3) is 0 Å². The first-order chi connectivity index (χ1) is 9.66. The molecule has 2 rings (SSSR count). The molecule has 0 amide bonds. The normalized spacial score (nSPS) is 10.9. The van der Waals surface area contributed by atoms with Crippen molar-refractivity contribution in [1.29, 1.82) is 0 Å². The molecule has 2 aromatic carbocycles. The summed E-state index contributed by atoms with van der Waals surface area (Å²) < 4.78 is 5.27. The molecule has 0 saturated carbocycles. The van der Waals surface area contributed by atoms with Crippen LogP contribution in [0.3, 0.4) is 0 Å². The molecule has 0 saturated heterocycles. The summed E-state index contributed by atoms with van der Waals surface area (Å²) in [4.78, 5) is 11.9. The van der Waals surface area contributed by atoms with Crippen LogP contribution in [-0.4, -0.2) is 5.97 Å². The molecule has 2 aromatic rings. The largest absolute Gasteiger partial charge is 0.423 e. The van der Waals surface area contributed by atoms with Gasteiger partial charge in [-0.25, -0.2) is 4.79 Å². The number of rotatable bonds is 4. The van der Waals surface area contributed by atoms with E-state index in [2.05, 4.69) is 6.58 Å². The molecule has 0 N–H and O–H groups in total. The molecule has 0 spiro atoms. The van der Waals surface area contributed by atoms with Crippen molar-refractivity contribution < 1.29 is 9.53 Å². The number of hydrogen-bond acceptors (Lipinski definition) is 2. The minimum atomic E-state index is -0.392. The van der Waals surface area contributed by atoms with Gasteiger partial charge in [0, 0.05) is 0 Å². The van der Waals surface area contributed by atoms with E-state index >= 15 is 0 Å². The van der Waals surface area contributed by atoms with Crippen molar-refractivity contribution in [3.8, 4) is 0 Å². The average molecular weight is 264 g/mol. The quantitative estimate of drug-likeness (QED) is 0.463. The van der Waals surface area contributed by atoms with Gasteiger partial charge in [0.1, 0.15) is 5.76 Å². The Kier molecular flexibility index (Phi) is 4.51. The Morgan fingerprint density at radius 2 is 1.55 bits per heavy atom. The second kappa shape index (κ2) is 6.53. The summed E-state index contributed by atoms with van der Waals surface area (Å²) in [6.07, 6.45) is 1.93. The van der Waals surface area contributed by atoms with Crippen LogP contribution >= 0.6 is 0 Å². The van der Waals surface area contributed by atoms with E-state index in [0.29, 0.717) is 11.3 Å². The highest BCUT2D eigenvalue weighted by Gasteiger charge is 2.09. The first kappa shape index (κ1) is 13.8. The monoisotopic (exact) mass is 264 g/mol. The third kappa shape index (κ3) is 3.69. The number of carbonyl (C=O) groups excluding carboxylic acids is 1. The zero-order valence-corrected chi connectivity index (χ0v) is 11.4. The molecule has 0 heterocycles. The maximum absolute atomic E-state index is 11.9. The minimum Gasteiger partial charge on any atom is -0.423 e. The van der Waals surface area contributed by atoms with Gasteiger partial charge in [-0.3, -0.25) is 0 Å². The summed E-state index contributed by atoms with van der Waals surface area (Å²) >= 11 is 0. The van der Waals surface area contributed by atoms with E-state index in [1.165, 1.54) is 0 Å². The Morgan fingerprint density at radius 1 is 1.00 bits per heavy atom. The highest BCUT2D eigenvalue weighted by atomic mass is 16.5.